The Morgan fingerprint density at radius 3 is 2.72 bits per heavy atom. The highest BCUT2D eigenvalue weighted by Gasteiger charge is 2.34. The Kier molecular flexibility index (Phi) is 5.46. The molecule has 3 nitrogen and oxygen atoms in total. The number of hydrogen-bond acceptors (Lipinski definition) is 3. The Morgan fingerprint density at radius 1 is 1.17 bits per heavy atom. The standard InChI is InChI=1S/C15H31N3/c1-13(16-2)6-4-5-10-18-11-9-14-7-8-15(12-18)17(14)3/h13-16H,4-12H2,1-3H3. The van der Waals surface area contributed by atoms with Crippen molar-refractivity contribution >= 4 is 0 Å². The van der Waals surface area contributed by atoms with Gasteiger partial charge in [0, 0.05) is 24.7 Å². The molecule has 2 heterocycles. The van der Waals surface area contributed by atoms with Crippen LogP contribution in [-0.2, 0) is 0 Å². The van der Waals surface area contributed by atoms with E-state index in [4.69, 9.17) is 0 Å². The molecular weight excluding hydrogens is 222 g/mol. The predicted molar refractivity (Wildman–Crippen MR) is 78.0 cm³/mol. The van der Waals surface area contributed by atoms with Crippen molar-refractivity contribution in [2.24, 2.45) is 0 Å². The van der Waals surface area contributed by atoms with Crippen LogP contribution < -0.4 is 5.32 Å². The molecule has 3 unspecified atom stereocenters. The monoisotopic (exact) mass is 253 g/mol. The number of nitrogens with one attached hydrogen (secondary N) is 1. The van der Waals surface area contributed by atoms with Crippen molar-refractivity contribution in [1.29, 1.82) is 0 Å². The zero-order valence-electron chi connectivity index (χ0n) is 12.5. The molecule has 0 aromatic heterocycles. The minimum Gasteiger partial charge on any atom is -0.317 e. The SMILES string of the molecule is CNC(C)CCCCN1CCC2CCC(C1)N2C. The molecule has 2 rings (SSSR count). The van der Waals surface area contributed by atoms with Gasteiger partial charge in [0.2, 0.25) is 0 Å². The van der Waals surface area contributed by atoms with E-state index in [9.17, 15) is 0 Å². The van der Waals surface area contributed by atoms with Crippen molar-refractivity contribution in [3.8, 4) is 0 Å². The molecule has 0 aromatic rings. The van der Waals surface area contributed by atoms with Gasteiger partial charge in [-0.3, -0.25) is 4.90 Å². The van der Waals surface area contributed by atoms with Gasteiger partial charge in [-0.2, -0.15) is 0 Å². The van der Waals surface area contributed by atoms with Gasteiger partial charge in [-0.15, -0.1) is 0 Å². The highest BCUT2D eigenvalue weighted by Crippen LogP contribution is 2.28. The van der Waals surface area contributed by atoms with Gasteiger partial charge in [0.1, 0.15) is 0 Å². The van der Waals surface area contributed by atoms with Gasteiger partial charge >= 0.3 is 0 Å². The van der Waals surface area contributed by atoms with Gasteiger partial charge in [0.15, 0.2) is 0 Å². The minimum absolute atomic E-state index is 0.677. The first-order valence-corrected chi connectivity index (χ1v) is 7.82. The van der Waals surface area contributed by atoms with Crippen LogP contribution in [0.5, 0.6) is 0 Å². The second-order valence-electron chi connectivity index (χ2n) is 6.33. The first-order valence-electron chi connectivity index (χ1n) is 7.82. The summed E-state index contributed by atoms with van der Waals surface area (Å²) in [6.07, 6.45) is 8.30. The molecule has 0 aromatic carbocycles. The van der Waals surface area contributed by atoms with E-state index in [1.54, 1.807) is 0 Å². The second kappa shape index (κ2) is 6.88. The smallest absolute Gasteiger partial charge is 0.0223 e. The third-order valence-electron chi connectivity index (χ3n) is 5.09. The van der Waals surface area contributed by atoms with Crippen molar-refractivity contribution in [2.75, 3.05) is 33.7 Å². The van der Waals surface area contributed by atoms with Crippen LogP contribution in [0.25, 0.3) is 0 Å². The van der Waals surface area contributed by atoms with Crippen molar-refractivity contribution in [3.05, 3.63) is 0 Å². The van der Waals surface area contributed by atoms with E-state index in [-0.39, 0.29) is 0 Å². The fourth-order valence-corrected chi connectivity index (χ4v) is 3.51. The summed E-state index contributed by atoms with van der Waals surface area (Å²) in [6.45, 7) is 6.23. The first-order chi connectivity index (χ1) is 8.70. The predicted octanol–water partition coefficient (Wildman–Crippen LogP) is 1.93. The molecule has 3 heteroatoms. The second-order valence-corrected chi connectivity index (χ2v) is 6.33. The van der Waals surface area contributed by atoms with Crippen LogP contribution in [0, 0.1) is 0 Å². The number of nitrogens with zero attached hydrogens (tertiary/aromatic N) is 2. The summed E-state index contributed by atoms with van der Waals surface area (Å²) >= 11 is 0. The molecule has 0 amide bonds. The molecule has 2 aliphatic heterocycles. The van der Waals surface area contributed by atoms with E-state index in [1.165, 1.54) is 58.2 Å². The van der Waals surface area contributed by atoms with Crippen LogP contribution in [0.15, 0.2) is 0 Å². The van der Waals surface area contributed by atoms with Gasteiger partial charge in [0.25, 0.3) is 0 Å². The Hall–Kier alpha value is -0.120. The zero-order chi connectivity index (χ0) is 13.0. The third kappa shape index (κ3) is 3.69. The van der Waals surface area contributed by atoms with Gasteiger partial charge in [0.05, 0.1) is 0 Å². The maximum Gasteiger partial charge on any atom is 0.0223 e. The third-order valence-corrected chi connectivity index (χ3v) is 5.09. The number of hydrogen-bond donors (Lipinski definition) is 1. The van der Waals surface area contributed by atoms with Gasteiger partial charge in [-0.25, -0.2) is 0 Å². The molecule has 2 fully saturated rings. The molecule has 0 radical (unpaired) electrons. The van der Waals surface area contributed by atoms with Crippen LogP contribution in [0.2, 0.25) is 0 Å². The summed E-state index contributed by atoms with van der Waals surface area (Å²) in [7, 11) is 4.40. The van der Waals surface area contributed by atoms with Crippen molar-refractivity contribution < 1.29 is 0 Å². The molecule has 0 spiro atoms. The van der Waals surface area contributed by atoms with Crippen molar-refractivity contribution in [3.63, 3.8) is 0 Å². The Bertz CT molecular complexity index is 244. The van der Waals surface area contributed by atoms with E-state index in [0.717, 1.165) is 12.1 Å². The summed E-state index contributed by atoms with van der Waals surface area (Å²) in [5, 5.41) is 3.32. The van der Waals surface area contributed by atoms with Crippen LogP contribution in [0.1, 0.15) is 45.4 Å². The maximum absolute atomic E-state index is 3.32. The van der Waals surface area contributed by atoms with E-state index < -0.39 is 0 Å². The molecular formula is C15H31N3. The molecule has 3 atom stereocenters. The van der Waals surface area contributed by atoms with E-state index in [0.29, 0.717) is 6.04 Å². The lowest BCUT2D eigenvalue weighted by molar-refractivity contribution is 0.216. The van der Waals surface area contributed by atoms with Crippen LogP contribution >= 0.6 is 0 Å². The van der Waals surface area contributed by atoms with Crippen molar-refractivity contribution in [2.45, 2.75) is 63.6 Å². The van der Waals surface area contributed by atoms with Crippen LogP contribution in [-0.4, -0.2) is 61.7 Å². The van der Waals surface area contributed by atoms with Gasteiger partial charge < -0.3 is 10.2 Å². The molecule has 18 heavy (non-hydrogen) atoms. The lowest BCUT2D eigenvalue weighted by Crippen LogP contribution is -2.37. The van der Waals surface area contributed by atoms with Crippen molar-refractivity contribution in [1.82, 2.24) is 15.1 Å². The average molecular weight is 253 g/mol. The summed E-state index contributed by atoms with van der Waals surface area (Å²) in [6, 6.07) is 2.40. The Balaban J connectivity index is 1.65. The van der Waals surface area contributed by atoms with E-state index >= 15 is 0 Å². The lowest BCUT2D eigenvalue weighted by atomic mass is 10.1. The molecule has 2 aliphatic rings. The minimum atomic E-state index is 0.677. The number of unbranched alkanes of at least 4 members (excludes halogenated alkanes) is 1. The zero-order valence-corrected chi connectivity index (χ0v) is 12.5. The molecule has 0 aliphatic carbocycles. The molecule has 2 bridgehead atoms. The normalized spacial score (nSPS) is 31.5. The molecule has 106 valence electrons. The summed E-state index contributed by atoms with van der Waals surface area (Å²) < 4.78 is 0. The average Bonchev–Trinajstić information content (AvgIpc) is 2.61. The summed E-state index contributed by atoms with van der Waals surface area (Å²) in [5.41, 5.74) is 0. The number of likely N-dealkylation sites (tertiary alicyclic amines) is 1. The van der Waals surface area contributed by atoms with E-state index in [2.05, 4.69) is 36.1 Å². The Morgan fingerprint density at radius 2 is 1.94 bits per heavy atom. The van der Waals surface area contributed by atoms with Crippen LogP contribution in [0.3, 0.4) is 0 Å². The number of likely N-dealkylation sites (N-methyl/N-ethyl adjacent to an activating group) is 1. The number of fused-ring (bicyclic) bond motifs is 2. The number of rotatable bonds is 6. The lowest BCUT2D eigenvalue weighted by Gasteiger charge is -2.25. The molecule has 1 N–H and O–H groups in total. The van der Waals surface area contributed by atoms with Gasteiger partial charge in [-0.05, 0) is 66.2 Å². The molecule has 0 saturated carbocycles. The quantitative estimate of drug-likeness (QED) is 0.730. The summed E-state index contributed by atoms with van der Waals surface area (Å²) in [4.78, 5) is 5.35. The summed E-state index contributed by atoms with van der Waals surface area (Å²) in [5.74, 6) is 0. The largest absolute Gasteiger partial charge is 0.317 e. The first kappa shape index (κ1) is 14.3. The van der Waals surface area contributed by atoms with Gasteiger partial charge in [-0.1, -0.05) is 6.42 Å². The molecule has 2 saturated heterocycles. The van der Waals surface area contributed by atoms with Crippen LogP contribution in [0.4, 0.5) is 0 Å². The topological polar surface area (TPSA) is 18.5 Å². The fraction of sp³-hybridized carbons (Fsp3) is 1.00. The van der Waals surface area contributed by atoms with E-state index in [1.807, 2.05) is 0 Å². The maximum atomic E-state index is 3.32. The fourth-order valence-electron chi connectivity index (χ4n) is 3.51. The Labute approximate surface area is 113 Å². The highest BCUT2D eigenvalue weighted by molar-refractivity contribution is 4.90. The highest BCUT2D eigenvalue weighted by atomic mass is 15.3.